The highest BCUT2D eigenvalue weighted by Gasteiger charge is 2.27. The Morgan fingerprint density at radius 2 is 1.81 bits per heavy atom. The van der Waals surface area contributed by atoms with Crippen molar-refractivity contribution in [2.75, 3.05) is 17.0 Å². The highest BCUT2D eigenvalue weighted by Crippen LogP contribution is 2.53. The third kappa shape index (κ3) is 3.05. The van der Waals surface area contributed by atoms with E-state index in [0.717, 1.165) is 5.39 Å². The molecule has 2 heterocycles. The standard InChI is InChI=1S/C19H17N2O4P/c1-2-24-26(23)12-17(20-15-8-4-5-9-16(15)21-26)14-11-13-7-3-6-10-18(13)25-19(14)22/h3-12,20H,2H2,1H3,(H,21,23). The Hall–Kier alpha value is -2.82. The second-order valence-corrected chi connectivity index (χ2v) is 7.76. The van der Waals surface area contributed by atoms with E-state index in [2.05, 4.69) is 10.4 Å². The zero-order chi connectivity index (χ0) is 18.1. The Morgan fingerprint density at radius 3 is 2.62 bits per heavy atom. The molecule has 6 nitrogen and oxygen atoms in total. The molecule has 0 saturated carbocycles. The summed E-state index contributed by atoms with van der Waals surface area (Å²) in [7, 11) is -3.35. The SMILES string of the molecule is CCOP1(=O)C=C(c2cc3ccccc3oc2=O)Nc2ccccc2N1. The quantitative estimate of drug-likeness (QED) is 0.508. The van der Waals surface area contributed by atoms with Crippen LogP contribution < -0.4 is 16.0 Å². The predicted molar refractivity (Wildman–Crippen MR) is 103 cm³/mol. The van der Waals surface area contributed by atoms with Crippen molar-refractivity contribution in [3.05, 3.63) is 76.4 Å². The second-order valence-electron chi connectivity index (χ2n) is 5.83. The van der Waals surface area contributed by atoms with Crippen LogP contribution in [0.5, 0.6) is 0 Å². The van der Waals surface area contributed by atoms with Gasteiger partial charge in [0.1, 0.15) is 5.58 Å². The highest BCUT2D eigenvalue weighted by molar-refractivity contribution is 7.64. The molecular formula is C19H17N2O4P. The van der Waals surface area contributed by atoms with E-state index in [4.69, 9.17) is 8.94 Å². The molecule has 1 aromatic heterocycles. The van der Waals surface area contributed by atoms with Gasteiger partial charge in [0.05, 0.1) is 29.2 Å². The molecule has 1 aliphatic rings. The Labute approximate surface area is 150 Å². The summed E-state index contributed by atoms with van der Waals surface area (Å²) < 4.78 is 24.1. The van der Waals surface area contributed by atoms with Crippen LogP contribution in [0.4, 0.5) is 11.4 Å². The zero-order valence-corrected chi connectivity index (χ0v) is 15.0. The van der Waals surface area contributed by atoms with Crippen molar-refractivity contribution in [2.45, 2.75) is 6.92 Å². The first-order chi connectivity index (χ1) is 12.6. The van der Waals surface area contributed by atoms with E-state index in [1.807, 2.05) is 30.3 Å². The molecule has 3 aromatic rings. The number of hydrogen-bond donors (Lipinski definition) is 2. The molecule has 4 rings (SSSR count). The van der Waals surface area contributed by atoms with Crippen molar-refractivity contribution in [3.63, 3.8) is 0 Å². The fourth-order valence-electron chi connectivity index (χ4n) is 2.89. The van der Waals surface area contributed by atoms with Crippen LogP contribution in [0.3, 0.4) is 0 Å². The molecule has 0 radical (unpaired) electrons. The summed E-state index contributed by atoms with van der Waals surface area (Å²) in [6, 6.07) is 16.3. The summed E-state index contributed by atoms with van der Waals surface area (Å²) >= 11 is 0. The molecule has 0 aliphatic carbocycles. The van der Waals surface area contributed by atoms with Gasteiger partial charge in [0.25, 0.3) is 0 Å². The van der Waals surface area contributed by atoms with Crippen LogP contribution in [0.25, 0.3) is 16.7 Å². The molecule has 26 heavy (non-hydrogen) atoms. The normalized spacial score (nSPS) is 19.0. The number of anilines is 2. The van der Waals surface area contributed by atoms with Crippen molar-refractivity contribution in [3.8, 4) is 0 Å². The smallest absolute Gasteiger partial charge is 0.345 e. The molecule has 2 aromatic carbocycles. The molecule has 1 aliphatic heterocycles. The van der Waals surface area contributed by atoms with E-state index in [9.17, 15) is 9.36 Å². The van der Waals surface area contributed by atoms with Gasteiger partial charge in [-0.05, 0) is 31.2 Å². The molecule has 0 bridgehead atoms. The summed E-state index contributed by atoms with van der Waals surface area (Å²) in [6.45, 7) is 2.03. The van der Waals surface area contributed by atoms with Gasteiger partial charge in [0.2, 0.25) is 0 Å². The lowest BCUT2D eigenvalue weighted by atomic mass is 10.1. The first-order valence-electron chi connectivity index (χ1n) is 8.23. The third-order valence-electron chi connectivity index (χ3n) is 4.02. The molecule has 132 valence electrons. The van der Waals surface area contributed by atoms with Gasteiger partial charge in [0, 0.05) is 11.2 Å². The number of hydrogen-bond acceptors (Lipinski definition) is 5. The maximum absolute atomic E-state index is 13.2. The van der Waals surface area contributed by atoms with E-state index >= 15 is 0 Å². The Bertz CT molecular complexity index is 1120. The largest absolute Gasteiger partial charge is 0.422 e. The highest BCUT2D eigenvalue weighted by atomic mass is 31.2. The molecule has 0 amide bonds. The molecule has 7 heteroatoms. The van der Waals surface area contributed by atoms with Crippen LogP contribution in [0, 0.1) is 0 Å². The van der Waals surface area contributed by atoms with Crippen molar-refractivity contribution >= 4 is 35.6 Å². The minimum atomic E-state index is -3.35. The van der Waals surface area contributed by atoms with E-state index in [0.29, 0.717) is 28.2 Å². The summed E-state index contributed by atoms with van der Waals surface area (Å²) in [5.74, 6) is 1.44. The topological polar surface area (TPSA) is 80.6 Å². The first kappa shape index (κ1) is 16.6. The Balaban J connectivity index is 1.91. The molecule has 0 spiro atoms. The average molecular weight is 368 g/mol. The third-order valence-corrected chi connectivity index (χ3v) is 5.82. The lowest BCUT2D eigenvalue weighted by Crippen LogP contribution is -2.11. The van der Waals surface area contributed by atoms with E-state index in [1.54, 1.807) is 31.2 Å². The van der Waals surface area contributed by atoms with Gasteiger partial charge in [-0.2, -0.15) is 0 Å². The van der Waals surface area contributed by atoms with Crippen molar-refractivity contribution < 1.29 is 13.5 Å². The van der Waals surface area contributed by atoms with Crippen LogP contribution in [0.2, 0.25) is 0 Å². The van der Waals surface area contributed by atoms with Crippen molar-refractivity contribution in [2.24, 2.45) is 0 Å². The van der Waals surface area contributed by atoms with Gasteiger partial charge in [-0.25, -0.2) is 4.79 Å². The molecule has 1 atom stereocenters. The lowest BCUT2D eigenvalue weighted by molar-refractivity contribution is 0.344. The van der Waals surface area contributed by atoms with Crippen LogP contribution in [0.1, 0.15) is 12.5 Å². The summed E-state index contributed by atoms with van der Waals surface area (Å²) in [5, 5.41) is 6.92. The second kappa shape index (κ2) is 6.48. The number of fused-ring (bicyclic) bond motifs is 2. The van der Waals surface area contributed by atoms with Crippen LogP contribution in [-0.4, -0.2) is 6.61 Å². The van der Waals surface area contributed by atoms with Gasteiger partial charge < -0.3 is 19.3 Å². The van der Waals surface area contributed by atoms with Gasteiger partial charge in [0.15, 0.2) is 0 Å². The Kier molecular flexibility index (Phi) is 4.15. The van der Waals surface area contributed by atoms with Crippen LogP contribution in [0.15, 0.2) is 69.6 Å². The average Bonchev–Trinajstić information content (AvgIpc) is 2.77. The predicted octanol–water partition coefficient (Wildman–Crippen LogP) is 4.86. The van der Waals surface area contributed by atoms with Gasteiger partial charge in [-0.15, -0.1) is 0 Å². The maximum Gasteiger partial charge on any atom is 0.345 e. The van der Waals surface area contributed by atoms with Gasteiger partial charge >= 0.3 is 13.1 Å². The summed E-state index contributed by atoms with van der Waals surface area (Å²) in [5.41, 5.74) is 2.01. The van der Waals surface area contributed by atoms with Crippen LogP contribution in [-0.2, 0) is 9.09 Å². The summed E-state index contributed by atoms with van der Waals surface area (Å²) in [6.07, 6.45) is 0. The fraction of sp³-hybridized carbons (Fsp3) is 0.105. The summed E-state index contributed by atoms with van der Waals surface area (Å²) in [4.78, 5) is 12.5. The fourth-order valence-corrected chi connectivity index (χ4v) is 4.55. The van der Waals surface area contributed by atoms with Crippen LogP contribution >= 0.6 is 7.52 Å². The minimum Gasteiger partial charge on any atom is -0.422 e. The first-order valence-corrected chi connectivity index (χ1v) is 9.92. The molecule has 0 saturated heterocycles. The molecular weight excluding hydrogens is 351 g/mol. The Morgan fingerprint density at radius 1 is 1.08 bits per heavy atom. The van der Waals surface area contributed by atoms with Gasteiger partial charge in [-0.3, -0.25) is 4.57 Å². The van der Waals surface area contributed by atoms with Gasteiger partial charge in [-0.1, -0.05) is 30.3 Å². The molecule has 0 fully saturated rings. The number of para-hydroxylation sites is 3. The number of benzene rings is 2. The molecule has 2 N–H and O–H groups in total. The number of rotatable bonds is 3. The monoisotopic (exact) mass is 368 g/mol. The maximum atomic E-state index is 13.2. The van der Waals surface area contributed by atoms with Crippen molar-refractivity contribution in [1.29, 1.82) is 0 Å². The number of nitrogens with one attached hydrogen (secondary N) is 2. The zero-order valence-electron chi connectivity index (χ0n) is 14.1. The molecule has 1 unspecified atom stereocenters. The van der Waals surface area contributed by atoms with E-state index in [1.165, 1.54) is 5.82 Å². The van der Waals surface area contributed by atoms with Crippen molar-refractivity contribution in [1.82, 2.24) is 0 Å². The van der Waals surface area contributed by atoms with E-state index in [-0.39, 0.29) is 6.61 Å². The minimum absolute atomic E-state index is 0.266. The van der Waals surface area contributed by atoms with E-state index < -0.39 is 13.1 Å². The lowest BCUT2D eigenvalue weighted by Gasteiger charge is -2.15.